The molecule has 26 heavy (non-hydrogen) atoms. The summed E-state index contributed by atoms with van der Waals surface area (Å²) in [5, 5.41) is 14.7. The number of benzene rings is 2. The van der Waals surface area contributed by atoms with Crippen LogP contribution in [0.15, 0.2) is 53.9 Å². The second kappa shape index (κ2) is 7.59. The molecule has 0 aliphatic heterocycles. The predicted molar refractivity (Wildman–Crippen MR) is 103 cm³/mol. The van der Waals surface area contributed by atoms with E-state index in [1.54, 1.807) is 55.0 Å². The summed E-state index contributed by atoms with van der Waals surface area (Å²) in [6.07, 6.45) is 0. The van der Waals surface area contributed by atoms with Crippen LogP contribution in [0.25, 0.3) is 11.1 Å². The maximum atomic E-state index is 12.4. The van der Waals surface area contributed by atoms with Crippen LogP contribution in [-0.2, 0) is 0 Å². The Bertz CT molecular complexity index is 966. The van der Waals surface area contributed by atoms with Gasteiger partial charge >= 0.3 is 5.97 Å². The van der Waals surface area contributed by atoms with Gasteiger partial charge in [-0.05, 0) is 35.9 Å². The predicted octanol–water partition coefficient (Wildman–Crippen LogP) is 5.03. The van der Waals surface area contributed by atoms with E-state index >= 15 is 0 Å². The number of aromatic carboxylic acids is 1. The Balaban J connectivity index is 1.94. The van der Waals surface area contributed by atoms with Crippen LogP contribution in [0.1, 0.15) is 20.7 Å². The highest BCUT2D eigenvalue weighted by atomic mass is 35.5. The van der Waals surface area contributed by atoms with Gasteiger partial charge < -0.3 is 15.2 Å². The molecule has 1 heterocycles. The maximum Gasteiger partial charge on any atom is 0.339 e. The number of anilines is 1. The lowest BCUT2D eigenvalue weighted by Crippen LogP contribution is -2.13. The van der Waals surface area contributed by atoms with Crippen molar-refractivity contribution in [1.82, 2.24) is 0 Å². The van der Waals surface area contributed by atoms with Crippen LogP contribution in [-0.4, -0.2) is 24.1 Å². The Hall–Kier alpha value is -2.83. The minimum absolute atomic E-state index is 0.0514. The molecule has 0 saturated carbocycles. The second-order valence-electron chi connectivity index (χ2n) is 5.35. The number of hydrogen-bond donors (Lipinski definition) is 2. The topological polar surface area (TPSA) is 75.6 Å². The van der Waals surface area contributed by atoms with Crippen LogP contribution in [0.2, 0.25) is 5.02 Å². The number of hydrogen-bond acceptors (Lipinski definition) is 4. The molecule has 2 N–H and O–H groups in total. The molecule has 0 atom stereocenters. The molecule has 7 heteroatoms. The van der Waals surface area contributed by atoms with Gasteiger partial charge in [0.15, 0.2) is 0 Å². The Morgan fingerprint density at radius 3 is 2.50 bits per heavy atom. The lowest BCUT2D eigenvalue weighted by molar-refractivity contribution is 0.0699. The van der Waals surface area contributed by atoms with Gasteiger partial charge in [-0.15, -0.1) is 11.3 Å². The van der Waals surface area contributed by atoms with Crippen molar-refractivity contribution in [1.29, 1.82) is 0 Å². The van der Waals surface area contributed by atoms with Crippen molar-refractivity contribution in [3.8, 4) is 16.9 Å². The van der Waals surface area contributed by atoms with E-state index < -0.39 is 11.9 Å². The number of carbonyl (C=O) groups is 2. The van der Waals surface area contributed by atoms with E-state index in [4.69, 9.17) is 16.3 Å². The zero-order chi connectivity index (χ0) is 18.7. The Morgan fingerprint density at radius 1 is 1.15 bits per heavy atom. The molecule has 1 aromatic heterocycles. The Kier molecular flexibility index (Phi) is 5.25. The highest BCUT2D eigenvalue weighted by molar-refractivity contribution is 7.15. The smallest absolute Gasteiger partial charge is 0.339 e. The first-order chi connectivity index (χ1) is 12.5. The molecule has 0 aliphatic carbocycles. The summed E-state index contributed by atoms with van der Waals surface area (Å²) in [7, 11) is 1.56. The SMILES string of the molecule is COc1ccc(-c2csc(NC(=O)c3cccc(Cl)c3)c2C(=O)O)cc1. The standard InChI is InChI=1S/C19H14ClNO4S/c1-25-14-7-5-11(6-8-14)15-10-26-18(16(15)19(23)24)21-17(22)12-3-2-4-13(20)9-12/h2-10H,1H3,(H,21,22)(H,23,24). The number of carboxylic acids is 1. The zero-order valence-electron chi connectivity index (χ0n) is 13.7. The van der Waals surface area contributed by atoms with E-state index in [9.17, 15) is 14.7 Å². The van der Waals surface area contributed by atoms with Gasteiger partial charge in [-0.1, -0.05) is 29.8 Å². The third-order valence-electron chi connectivity index (χ3n) is 3.72. The van der Waals surface area contributed by atoms with Crippen LogP contribution in [0.5, 0.6) is 5.75 Å². The summed E-state index contributed by atoms with van der Waals surface area (Å²) in [6, 6.07) is 13.5. The fourth-order valence-corrected chi connectivity index (χ4v) is 3.60. The molecule has 132 valence electrons. The molecule has 1 amide bonds. The summed E-state index contributed by atoms with van der Waals surface area (Å²) >= 11 is 7.06. The number of halogens is 1. The molecule has 3 rings (SSSR count). The number of carbonyl (C=O) groups excluding carboxylic acids is 1. The van der Waals surface area contributed by atoms with E-state index in [0.717, 1.165) is 16.9 Å². The molecule has 0 unspecified atom stereocenters. The molecule has 0 radical (unpaired) electrons. The van der Waals surface area contributed by atoms with Crippen LogP contribution < -0.4 is 10.1 Å². The van der Waals surface area contributed by atoms with E-state index in [1.165, 1.54) is 6.07 Å². The maximum absolute atomic E-state index is 12.4. The zero-order valence-corrected chi connectivity index (χ0v) is 15.2. The molecule has 0 saturated heterocycles. The number of ether oxygens (including phenoxy) is 1. The molecule has 3 aromatic rings. The molecule has 0 aliphatic rings. The molecule has 2 aromatic carbocycles. The van der Waals surface area contributed by atoms with Crippen molar-refractivity contribution in [2.45, 2.75) is 0 Å². The highest BCUT2D eigenvalue weighted by Gasteiger charge is 2.21. The van der Waals surface area contributed by atoms with Crippen LogP contribution >= 0.6 is 22.9 Å². The number of amides is 1. The fraction of sp³-hybridized carbons (Fsp3) is 0.0526. The van der Waals surface area contributed by atoms with Gasteiger partial charge in [0.25, 0.3) is 5.91 Å². The summed E-state index contributed by atoms with van der Waals surface area (Å²) in [5.74, 6) is -0.855. The Morgan fingerprint density at radius 2 is 1.88 bits per heavy atom. The number of carboxylic acid groups (broad SMARTS) is 1. The number of thiophene rings is 1. The van der Waals surface area contributed by atoms with Crippen LogP contribution in [0.4, 0.5) is 5.00 Å². The summed E-state index contributed by atoms with van der Waals surface area (Å²) in [5.41, 5.74) is 1.66. The molecular weight excluding hydrogens is 374 g/mol. The van der Waals surface area contributed by atoms with Crippen molar-refractivity contribution in [2.75, 3.05) is 12.4 Å². The van der Waals surface area contributed by atoms with Crippen molar-refractivity contribution in [3.05, 3.63) is 70.1 Å². The van der Waals surface area contributed by atoms with Crippen molar-refractivity contribution in [2.24, 2.45) is 0 Å². The van der Waals surface area contributed by atoms with Gasteiger partial charge in [-0.3, -0.25) is 4.79 Å². The van der Waals surface area contributed by atoms with Gasteiger partial charge in [0.05, 0.1) is 7.11 Å². The van der Waals surface area contributed by atoms with Gasteiger partial charge in [0.1, 0.15) is 16.3 Å². The summed E-state index contributed by atoms with van der Waals surface area (Å²) < 4.78 is 5.12. The minimum Gasteiger partial charge on any atom is -0.497 e. The first-order valence-electron chi connectivity index (χ1n) is 7.55. The number of nitrogens with one attached hydrogen (secondary N) is 1. The van der Waals surface area contributed by atoms with E-state index in [-0.39, 0.29) is 10.6 Å². The van der Waals surface area contributed by atoms with E-state index in [2.05, 4.69) is 5.32 Å². The third-order valence-corrected chi connectivity index (χ3v) is 4.85. The number of rotatable bonds is 5. The summed E-state index contributed by atoms with van der Waals surface area (Å²) in [4.78, 5) is 24.2. The van der Waals surface area contributed by atoms with Gasteiger partial charge in [-0.2, -0.15) is 0 Å². The molecule has 5 nitrogen and oxygen atoms in total. The van der Waals surface area contributed by atoms with Crippen molar-refractivity contribution < 1.29 is 19.4 Å². The first kappa shape index (κ1) is 18.0. The monoisotopic (exact) mass is 387 g/mol. The quantitative estimate of drug-likeness (QED) is 0.644. The lowest BCUT2D eigenvalue weighted by atomic mass is 10.0. The minimum atomic E-state index is -1.11. The summed E-state index contributed by atoms with van der Waals surface area (Å²) in [6.45, 7) is 0. The first-order valence-corrected chi connectivity index (χ1v) is 8.81. The average Bonchev–Trinajstić information content (AvgIpc) is 3.05. The fourth-order valence-electron chi connectivity index (χ4n) is 2.45. The van der Waals surface area contributed by atoms with E-state index in [1.807, 2.05) is 0 Å². The third kappa shape index (κ3) is 3.71. The van der Waals surface area contributed by atoms with Gasteiger partial charge in [-0.25, -0.2) is 4.79 Å². The van der Waals surface area contributed by atoms with Crippen LogP contribution in [0, 0.1) is 0 Å². The van der Waals surface area contributed by atoms with Crippen LogP contribution in [0.3, 0.4) is 0 Å². The molecule has 0 fully saturated rings. The van der Waals surface area contributed by atoms with Gasteiger partial charge in [0.2, 0.25) is 0 Å². The van der Waals surface area contributed by atoms with Gasteiger partial charge in [0, 0.05) is 21.5 Å². The number of methoxy groups -OCH3 is 1. The molecule has 0 bridgehead atoms. The van der Waals surface area contributed by atoms with Crippen molar-refractivity contribution in [3.63, 3.8) is 0 Å². The normalized spacial score (nSPS) is 10.4. The average molecular weight is 388 g/mol. The van der Waals surface area contributed by atoms with Crippen molar-refractivity contribution >= 4 is 39.8 Å². The van der Waals surface area contributed by atoms with E-state index in [0.29, 0.717) is 21.9 Å². The molecular formula is C19H14ClNO4S. The lowest BCUT2D eigenvalue weighted by Gasteiger charge is -2.07. The molecule has 0 spiro atoms. The second-order valence-corrected chi connectivity index (χ2v) is 6.67. The largest absolute Gasteiger partial charge is 0.497 e. The Labute approximate surface area is 158 Å². The highest BCUT2D eigenvalue weighted by Crippen LogP contribution is 2.36.